The van der Waals surface area contributed by atoms with Crippen LogP contribution in [0.2, 0.25) is 0 Å². The number of carbonyl (C=O) groups excluding carboxylic acids is 1. The van der Waals surface area contributed by atoms with E-state index in [1.165, 1.54) is 5.56 Å². The molecule has 0 spiro atoms. The Morgan fingerprint density at radius 2 is 1.78 bits per heavy atom. The third-order valence-corrected chi connectivity index (χ3v) is 6.92. The fraction of sp³-hybridized carbons (Fsp3) is 0.241. The minimum atomic E-state index is 0.0170. The number of benzene rings is 2. The lowest BCUT2D eigenvalue weighted by Gasteiger charge is -2.32. The molecule has 1 aliphatic rings. The van der Waals surface area contributed by atoms with Gasteiger partial charge in [0, 0.05) is 37.0 Å². The van der Waals surface area contributed by atoms with E-state index in [2.05, 4.69) is 41.4 Å². The summed E-state index contributed by atoms with van der Waals surface area (Å²) in [6.07, 6.45) is 5.81. The number of hydrogen-bond donors (Lipinski definition) is 0. The fourth-order valence-electron chi connectivity index (χ4n) is 5.03. The van der Waals surface area contributed by atoms with Crippen LogP contribution in [0.5, 0.6) is 0 Å². The Morgan fingerprint density at radius 1 is 0.972 bits per heavy atom. The molecular weight excluding hydrogens is 448 g/mol. The summed E-state index contributed by atoms with van der Waals surface area (Å²) in [6.45, 7) is 4.02. The van der Waals surface area contributed by atoms with Gasteiger partial charge in [-0.25, -0.2) is 0 Å². The third kappa shape index (κ3) is 4.28. The first-order chi connectivity index (χ1) is 17.7. The minimum Gasteiger partial charge on any atom is -0.338 e. The highest BCUT2D eigenvalue weighted by molar-refractivity contribution is 6.00. The first kappa shape index (κ1) is 22.2. The lowest BCUT2D eigenvalue weighted by atomic mass is 9.96. The van der Waals surface area contributed by atoms with Gasteiger partial charge in [-0.1, -0.05) is 66.2 Å². The summed E-state index contributed by atoms with van der Waals surface area (Å²) in [5.74, 6) is 1.08. The van der Waals surface area contributed by atoms with E-state index in [1.54, 1.807) is 0 Å². The average molecular weight is 477 g/mol. The molecule has 0 radical (unpaired) electrons. The van der Waals surface area contributed by atoms with E-state index in [1.807, 2.05) is 74.9 Å². The maximum atomic E-state index is 13.9. The highest BCUT2D eigenvalue weighted by atomic mass is 16.2. The molecule has 1 aliphatic heterocycles. The van der Waals surface area contributed by atoms with Crippen LogP contribution in [-0.4, -0.2) is 48.3 Å². The molecule has 1 amide bonds. The molecule has 5 aromatic rings. The number of hydrogen-bond acceptors (Lipinski definition) is 4. The lowest BCUT2D eigenvalue weighted by molar-refractivity contribution is 0.0705. The van der Waals surface area contributed by atoms with Gasteiger partial charge in [0.25, 0.3) is 5.91 Å². The maximum Gasteiger partial charge on any atom is 0.257 e. The second-order valence-electron chi connectivity index (χ2n) is 9.52. The van der Waals surface area contributed by atoms with Gasteiger partial charge in [0.15, 0.2) is 5.65 Å². The average Bonchev–Trinajstić information content (AvgIpc) is 3.54. The van der Waals surface area contributed by atoms with Crippen molar-refractivity contribution in [2.75, 3.05) is 13.1 Å². The summed E-state index contributed by atoms with van der Waals surface area (Å²) in [4.78, 5) is 15.9. The van der Waals surface area contributed by atoms with Crippen molar-refractivity contribution in [1.82, 2.24) is 29.3 Å². The molecule has 1 fully saturated rings. The summed E-state index contributed by atoms with van der Waals surface area (Å²) in [5, 5.41) is 13.7. The quantitative estimate of drug-likeness (QED) is 0.359. The number of rotatable bonds is 5. The predicted molar refractivity (Wildman–Crippen MR) is 139 cm³/mol. The van der Waals surface area contributed by atoms with Crippen LogP contribution in [0, 0.1) is 6.92 Å². The standard InChI is InChI=1S/C29H28N6O/c1-21-12-14-23(15-13-21)27-25(20-34(32-27)18-22-8-3-2-4-9-22)29(36)33-16-7-10-24(19-33)28-31-30-26-11-5-6-17-35(26)28/h2-6,8-9,11-15,17,20,24H,7,10,16,18-19H2,1H3. The summed E-state index contributed by atoms with van der Waals surface area (Å²) in [6, 6.07) is 24.3. The maximum absolute atomic E-state index is 13.9. The van der Waals surface area contributed by atoms with Crippen LogP contribution < -0.4 is 0 Å². The van der Waals surface area contributed by atoms with E-state index in [4.69, 9.17) is 5.10 Å². The van der Waals surface area contributed by atoms with Crippen LogP contribution in [0.3, 0.4) is 0 Å². The monoisotopic (exact) mass is 476 g/mol. The molecule has 1 atom stereocenters. The molecule has 6 rings (SSSR count). The number of nitrogens with zero attached hydrogens (tertiary/aromatic N) is 6. The molecule has 0 aliphatic carbocycles. The first-order valence-corrected chi connectivity index (χ1v) is 12.4. The van der Waals surface area contributed by atoms with Gasteiger partial charge in [-0.2, -0.15) is 5.10 Å². The molecule has 1 unspecified atom stereocenters. The zero-order valence-electron chi connectivity index (χ0n) is 20.3. The van der Waals surface area contributed by atoms with Crippen molar-refractivity contribution in [3.8, 4) is 11.3 Å². The van der Waals surface area contributed by atoms with Gasteiger partial charge in [-0.05, 0) is 37.5 Å². The number of likely N-dealkylation sites (tertiary alicyclic amines) is 1. The van der Waals surface area contributed by atoms with Gasteiger partial charge in [-0.3, -0.25) is 13.9 Å². The summed E-state index contributed by atoms with van der Waals surface area (Å²) in [5.41, 5.74) is 5.47. The van der Waals surface area contributed by atoms with Crippen LogP contribution in [0.4, 0.5) is 0 Å². The van der Waals surface area contributed by atoms with E-state index >= 15 is 0 Å². The van der Waals surface area contributed by atoms with Gasteiger partial charge in [0.2, 0.25) is 0 Å². The number of piperidine rings is 1. The van der Waals surface area contributed by atoms with Gasteiger partial charge in [0.1, 0.15) is 11.5 Å². The Balaban J connectivity index is 1.32. The molecule has 7 heteroatoms. The molecule has 2 aromatic carbocycles. The Hall–Kier alpha value is -4.26. The van der Waals surface area contributed by atoms with Gasteiger partial charge < -0.3 is 4.90 Å². The zero-order valence-corrected chi connectivity index (χ0v) is 20.3. The number of aromatic nitrogens is 5. The molecule has 0 N–H and O–H groups in total. The second kappa shape index (κ2) is 9.41. The first-order valence-electron chi connectivity index (χ1n) is 12.4. The number of aryl methyl sites for hydroxylation is 1. The highest BCUT2D eigenvalue weighted by Gasteiger charge is 2.30. The van der Waals surface area contributed by atoms with Crippen molar-refractivity contribution in [2.24, 2.45) is 0 Å². The van der Waals surface area contributed by atoms with Gasteiger partial charge >= 0.3 is 0 Å². The molecule has 1 saturated heterocycles. The zero-order chi connectivity index (χ0) is 24.5. The SMILES string of the molecule is Cc1ccc(-c2nn(Cc3ccccc3)cc2C(=O)N2CCCC(c3nnc4ccccn34)C2)cc1. The Morgan fingerprint density at radius 3 is 2.61 bits per heavy atom. The number of fused-ring (bicyclic) bond motifs is 1. The van der Waals surface area contributed by atoms with Gasteiger partial charge in [-0.15, -0.1) is 10.2 Å². The van der Waals surface area contributed by atoms with Crippen LogP contribution in [0.15, 0.2) is 85.2 Å². The van der Waals surface area contributed by atoms with Crippen molar-refractivity contribution in [2.45, 2.75) is 32.2 Å². The number of amides is 1. The topological polar surface area (TPSA) is 68.3 Å². The predicted octanol–water partition coefficient (Wildman–Crippen LogP) is 4.97. The Kier molecular flexibility index (Phi) is 5.81. The molecule has 180 valence electrons. The molecule has 3 aromatic heterocycles. The fourth-order valence-corrected chi connectivity index (χ4v) is 5.03. The van der Waals surface area contributed by atoms with Crippen LogP contribution >= 0.6 is 0 Å². The molecule has 4 heterocycles. The number of pyridine rings is 1. The van der Waals surface area contributed by atoms with Crippen molar-refractivity contribution in [3.63, 3.8) is 0 Å². The van der Waals surface area contributed by atoms with Crippen LogP contribution in [0.25, 0.3) is 16.9 Å². The Labute approximate surface area is 210 Å². The number of carbonyl (C=O) groups is 1. The van der Waals surface area contributed by atoms with Crippen molar-refractivity contribution in [3.05, 3.63) is 108 Å². The molecule has 7 nitrogen and oxygen atoms in total. The molecule has 0 saturated carbocycles. The van der Waals surface area contributed by atoms with Gasteiger partial charge in [0.05, 0.1) is 12.1 Å². The Bertz CT molecular complexity index is 1500. The summed E-state index contributed by atoms with van der Waals surface area (Å²) < 4.78 is 3.92. The van der Waals surface area contributed by atoms with Crippen molar-refractivity contribution in [1.29, 1.82) is 0 Å². The summed E-state index contributed by atoms with van der Waals surface area (Å²) in [7, 11) is 0. The molecule has 0 bridgehead atoms. The van der Waals surface area contributed by atoms with E-state index < -0.39 is 0 Å². The molecular formula is C29H28N6O. The second-order valence-corrected chi connectivity index (χ2v) is 9.52. The van der Waals surface area contributed by atoms with Crippen LogP contribution in [-0.2, 0) is 6.54 Å². The molecule has 36 heavy (non-hydrogen) atoms. The van der Waals surface area contributed by atoms with E-state index in [9.17, 15) is 4.79 Å². The van der Waals surface area contributed by atoms with E-state index in [0.717, 1.165) is 47.7 Å². The third-order valence-electron chi connectivity index (χ3n) is 6.92. The largest absolute Gasteiger partial charge is 0.338 e. The van der Waals surface area contributed by atoms with E-state index in [0.29, 0.717) is 18.7 Å². The normalized spacial score (nSPS) is 15.9. The lowest BCUT2D eigenvalue weighted by Crippen LogP contribution is -2.39. The minimum absolute atomic E-state index is 0.0170. The van der Waals surface area contributed by atoms with Crippen LogP contribution in [0.1, 0.15) is 46.1 Å². The summed E-state index contributed by atoms with van der Waals surface area (Å²) >= 11 is 0. The van der Waals surface area contributed by atoms with E-state index in [-0.39, 0.29) is 11.8 Å². The van der Waals surface area contributed by atoms with Crippen molar-refractivity contribution < 1.29 is 4.79 Å². The van der Waals surface area contributed by atoms with Crippen molar-refractivity contribution >= 4 is 11.6 Å². The highest BCUT2D eigenvalue weighted by Crippen LogP contribution is 2.30. The smallest absolute Gasteiger partial charge is 0.257 e.